The number of carbonyl (C=O) groups excluding carboxylic acids is 1. The van der Waals surface area contributed by atoms with Gasteiger partial charge in [0.05, 0.1) is 19.1 Å². The first kappa shape index (κ1) is 17.9. The Bertz CT molecular complexity index is 843. The van der Waals surface area contributed by atoms with Crippen LogP contribution < -0.4 is 4.74 Å². The summed E-state index contributed by atoms with van der Waals surface area (Å²) in [6.07, 6.45) is 3.96. The van der Waals surface area contributed by atoms with E-state index in [-0.39, 0.29) is 30.0 Å². The van der Waals surface area contributed by atoms with Crippen molar-refractivity contribution in [1.82, 2.24) is 9.88 Å². The van der Waals surface area contributed by atoms with Crippen LogP contribution in [0.1, 0.15) is 36.8 Å². The Morgan fingerprint density at radius 3 is 2.63 bits per heavy atom. The molecule has 0 unspecified atom stereocenters. The molecule has 0 radical (unpaired) electrons. The normalized spacial score (nSPS) is 26.9. The largest absolute Gasteiger partial charge is 0.496 e. The number of aliphatic hydroxyl groups is 1. The van der Waals surface area contributed by atoms with E-state index in [4.69, 9.17) is 4.74 Å². The summed E-state index contributed by atoms with van der Waals surface area (Å²) in [5.74, 6) is 0.0954. The SMILES string of the molecule is COc1ccccc1CC(=O)N1[C@@H]2CC[C@@H]1CC(O)(c1cccnc1F)C2. The highest BCUT2D eigenvalue weighted by molar-refractivity contribution is 5.80. The minimum absolute atomic E-state index is 0.0284. The highest BCUT2D eigenvalue weighted by Gasteiger charge is 2.50. The van der Waals surface area contributed by atoms with Crippen molar-refractivity contribution in [3.8, 4) is 5.75 Å². The molecule has 0 saturated carbocycles. The topological polar surface area (TPSA) is 62.7 Å². The van der Waals surface area contributed by atoms with Gasteiger partial charge in [-0.05, 0) is 25.0 Å². The number of hydrogen-bond donors (Lipinski definition) is 1. The third kappa shape index (κ3) is 3.18. The molecule has 0 aliphatic carbocycles. The summed E-state index contributed by atoms with van der Waals surface area (Å²) in [5, 5.41) is 11.1. The highest BCUT2D eigenvalue weighted by Crippen LogP contribution is 2.46. The number of ether oxygens (including phenoxy) is 1. The summed E-state index contributed by atoms with van der Waals surface area (Å²) in [6.45, 7) is 0. The van der Waals surface area contributed by atoms with E-state index < -0.39 is 11.5 Å². The molecule has 6 heteroatoms. The maximum Gasteiger partial charge on any atom is 0.227 e. The number of hydrogen-bond acceptors (Lipinski definition) is 4. The average molecular weight is 370 g/mol. The Balaban J connectivity index is 1.54. The van der Waals surface area contributed by atoms with Gasteiger partial charge in [-0.2, -0.15) is 4.39 Å². The van der Waals surface area contributed by atoms with Crippen LogP contribution in [0.5, 0.6) is 5.75 Å². The van der Waals surface area contributed by atoms with E-state index >= 15 is 0 Å². The van der Waals surface area contributed by atoms with E-state index in [9.17, 15) is 14.3 Å². The van der Waals surface area contributed by atoms with Crippen molar-refractivity contribution in [3.05, 3.63) is 59.7 Å². The second kappa shape index (κ2) is 6.93. The molecule has 2 fully saturated rings. The van der Waals surface area contributed by atoms with Gasteiger partial charge in [-0.15, -0.1) is 0 Å². The lowest BCUT2D eigenvalue weighted by Gasteiger charge is -2.44. The molecule has 2 bridgehead atoms. The number of aromatic nitrogens is 1. The molecule has 2 atom stereocenters. The molecule has 142 valence electrons. The number of fused-ring (bicyclic) bond motifs is 2. The number of piperidine rings is 1. The quantitative estimate of drug-likeness (QED) is 0.841. The van der Waals surface area contributed by atoms with Crippen molar-refractivity contribution >= 4 is 5.91 Å². The van der Waals surface area contributed by atoms with Crippen molar-refractivity contribution in [2.45, 2.75) is 49.8 Å². The van der Waals surface area contributed by atoms with Crippen molar-refractivity contribution in [1.29, 1.82) is 0 Å². The number of halogens is 1. The summed E-state index contributed by atoms with van der Waals surface area (Å²) >= 11 is 0. The lowest BCUT2D eigenvalue weighted by atomic mass is 9.80. The van der Waals surface area contributed by atoms with Gasteiger partial charge in [-0.25, -0.2) is 4.98 Å². The Kier molecular flexibility index (Phi) is 4.60. The van der Waals surface area contributed by atoms with Crippen LogP contribution in [-0.2, 0) is 16.8 Å². The van der Waals surface area contributed by atoms with Crippen LogP contribution in [0.4, 0.5) is 4.39 Å². The van der Waals surface area contributed by atoms with Gasteiger partial charge in [0.1, 0.15) is 5.75 Å². The first-order valence-electron chi connectivity index (χ1n) is 9.28. The molecule has 0 spiro atoms. The number of pyridine rings is 1. The number of carbonyl (C=O) groups is 1. The summed E-state index contributed by atoms with van der Waals surface area (Å²) in [7, 11) is 1.59. The van der Waals surface area contributed by atoms with Gasteiger partial charge in [-0.1, -0.05) is 24.3 Å². The first-order chi connectivity index (χ1) is 13.0. The lowest BCUT2D eigenvalue weighted by Crippen LogP contribution is -2.52. The second-order valence-electron chi connectivity index (χ2n) is 7.46. The molecule has 3 heterocycles. The van der Waals surface area contributed by atoms with Crippen LogP contribution in [0.2, 0.25) is 0 Å². The molecule has 2 aromatic rings. The van der Waals surface area contributed by atoms with Crippen LogP contribution in [0.3, 0.4) is 0 Å². The van der Waals surface area contributed by atoms with Gasteiger partial charge in [0, 0.05) is 42.2 Å². The maximum atomic E-state index is 14.2. The van der Waals surface area contributed by atoms with Crippen LogP contribution in [0.15, 0.2) is 42.6 Å². The molecule has 2 saturated heterocycles. The zero-order chi connectivity index (χ0) is 19.0. The summed E-state index contributed by atoms with van der Waals surface area (Å²) in [6, 6.07) is 10.6. The van der Waals surface area contributed by atoms with E-state index in [2.05, 4.69) is 4.98 Å². The number of rotatable bonds is 4. The Labute approximate surface area is 157 Å². The van der Waals surface area contributed by atoms with Gasteiger partial charge in [0.15, 0.2) is 0 Å². The number of nitrogens with zero attached hydrogens (tertiary/aromatic N) is 2. The number of para-hydroxylation sites is 1. The van der Waals surface area contributed by atoms with Gasteiger partial charge < -0.3 is 14.7 Å². The fourth-order valence-electron chi connectivity index (χ4n) is 4.69. The van der Waals surface area contributed by atoms with E-state index in [1.807, 2.05) is 29.2 Å². The fraction of sp³-hybridized carbons (Fsp3) is 0.429. The number of amides is 1. The predicted octanol–water partition coefficient (Wildman–Crippen LogP) is 2.81. The fourth-order valence-corrected chi connectivity index (χ4v) is 4.69. The smallest absolute Gasteiger partial charge is 0.227 e. The molecule has 2 aliphatic rings. The van der Waals surface area contributed by atoms with Crippen LogP contribution in [-0.4, -0.2) is 40.1 Å². The van der Waals surface area contributed by atoms with Crippen molar-refractivity contribution in [2.24, 2.45) is 0 Å². The summed E-state index contributed by atoms with van der Waals surface area (Å²) < 4.78 is 19.5. The Hall–Kier alpha value is -2.47. The summed E-state index contributed by atoms with van der Waals surface area (Å²) in [4.78, 5) is 18.6. The first-order valence-corrected chi connectivity index (χ1v) is 9.28. The lowest BCUT2D eigenvalue weighted by molar-refractivity contribution is -0.141. The van der Waals surface area contributed by atoms with Crippen molar-refractivity contribution < 1.29 is 19.0 Å². The second-order valence-corrected chi connectivity index (χ2v) is 7.46. The van der Waals surface area contributed by atoms with Crippen LogP contribution in [0.25, 0.3) is 0 Å². The van der Waals surface area contributed by atoms with Gasteiger partial charge in [0.25, 0.3) is 0 Å². The Morgan fingerprint density at radius 1 is 1.26 bits per heavy atom. The standard InChI is InChI=1S/C21H23FN2O3/c1-27-18-7-3-2-5-14(18)11-19(25)24-15-8-9-16(24)13-21(26,12-15)17-6-4-10-23-20(17)22/h2-7,10,15-16,26H,8-9,11-13H2,1H3/t15-,16-/m1/s1. The third-order valence-electron chi connectivity index (χ3n) is 5.85. The van der Waals surface area contributed by atoms with Gasteiger partial charge in [-0.3, -0.25) is 4.79 Å². The van der Waals surface area contributed by atoms with Crippen LogP contribution >= 0.6 is 0 Å². The minimum Gasteiger partial charge on any atom is -0.496 e. The molecular formula is C21H23FN2O3. The maximum absolute atomic E-state index is 14.2. The third-order valence-corrected chi connectivity index (χ3v) is 5.85. The molecule has 27 heavy (non-hydrogen) atoms. The van der Waals surface area contributed by atoms with E-state index in [0.29, 0.717) is 18.6 Å². The number of methoxy groups -OCH3 is 1. The molecule has 2 aliphatic heterocycles. The predicted molar refractivity (Wildman–Crippen MR) is 97.7 cm³/mol. The van der Waals surface area contributed by atoms with Crippen molar-refractivity contribution in [2.75, 3.05) is 7.11 Å². The molecule has 1 amide bonds. The van der Waals surface area contributed by atoms with E-state index in [1.54, 1.807) is 19.2 Å². The number of benzene rings is 1. The highest BCUT2D eigenvalue weighted by atomic mass is 19.1. The zero-order valence-electron chi connectivity index (χ0n) is 15.3. The monoisotopic (exact) mass is 370 g/mol. The molecule has 1 aromatic carbocycles. The van der Waals surface area contributed by atoms with E-state index in [1.165, 1.54) is 6.20 Å². The molecule has 1 N–H and O–H groups in total. The minimum atomic E-state index is -1.27. The van der Waals surface area contributed by atoms with Crippen LogP contribution in [0, 0.1) is 5.95 Å². The summed E-state index contributed by atoms with van der Waals surface area (Å²) in [5.41, 5.74) is -0.187. The Morgan fingerprint density at radius 2 is 1.96 bits per heavy atom. The average Bonchev–Trinajstić information content (AvgIpc) is 2.95. The van der Waals surface area contributed by atoms with Crippen molar-refractivity contribution in [3.63, 3.8) is 0 Å². The molecule has 1 aromatic heterocycles. The zero-order valence-corrected chi connectivity index (χ0v) is 15.3. The molecular weight excluding hydrogens is 347 g/mol. The molecule has 5 nitrogen and oxygen atoms in total. The van der Waals surface area contributed by atoms with Gasteiger partial charge in [0.2, 0.25) is 11.9 Å². The molecule has 4 rings (SSSR count). The van der Waals surface area contributed by atoms with Gasteiger partial charge >= 0.3 is 0 Å². The van der Waals surface area contributed by atoms with E-state index in [0.717, 1.165) is 18.4 Å².